The third-order valence-electron chi connectivity index (χ3n) is 1.30. The van der Waals surface area contributed by atoms with E-state index in [9.17, 15) is 4.79 Å². The van der Waals surface area contributed by atoms with Gasteiger partial charge < -0.3 is 4.74 Å². The van der Waals surface area contributed by atoms with Crippen LogP contribution in [-0.4, -0.2) is 17.4 Å². The molecule has 9 heavy (non-hydrogen) atoms. The normalized spacial score (nSPS) is 31.8. The van der Waals surface area contributed by atoms with Crippen molar-refractivity contribution in [2.24, 2.45) is 5.92 Å². The van der Waals surface area contributed by atoms with Crippen molar-refractivity contribution < 1.29 is 9.53 Å². The van der Waals surface area contributed by atoms with Crippen LogP contribution < -0.4 is 0 Å². The molecular weight excluding hydrogens is 184 g/mol. The summed E-state index contributed by atoms with van der Waals surface area (Å²) in [6.07, 6.45) is 0.943. The number of alkyl halides is 1. The number of ether oxygens (including phenoxy) is 1. The maximum atomic E-state index is 10.8. The van der Waals surface area contributed by atoms with Gasteiger partial charge in [0, 0.05) is 4.83 Å². The van der Waals surface area contributed by atoms with E-state index in [1.807, 2.05) is 6.92 Å². The molecule has 0 unspecified atom stereocenters. The summed E-state index contributed by atoms with van der Waals surface area (Å²) in [5.41, 5.74) is 0. The molecule has 2 nitrogen and oxygen atoms in total. The Morgan fingerprint density at radius 1 is 1.89 bits per heavy atom. The SMILES string of the molecule is CCOC(=O)[C@H]1C[C@H]1Br. The van der Waals surface area contributed by atoms with E-state index >= 15 is 0 Å². The topological polar surface area (TPSA) is 26.3 Å². The fourth-order valence-corrected chi connectivity index (χ4v) is 1.28. The summed E-state index contributed by atoms with van der Waals surface area (Å²) in [5, 5.41) is 0. The minimum Gasteiger partial charge on any atom is -0.466 e. The molecule has 3 heteroatoms. The summed E-state index contributed by atoms with van der Waals surface area (Å²) in [6.45, 7) is 2.32. The van der Waals surface area contributed by atoms with Crippen molar-refractivity contribution in [1.82, 2.24) is 0 Å². The number of esters is 1. The fourth-order valence-electron chi connectivity index (χ4n) is 0.657. The van der Waals surface area contributed by atoms with Crippen LogP contribution in [0.4, 0.5) is 0 Å². The Hall–Kier alpha value is -0.0500. The van der Waals surface area contributed by atoms with Crippen LogP contribution in [0, 0.1) is 5.92 Å². The first-order valence-electron chi connectivity index (χ1n) is 3.06. The molecule has 1 saturated carbocycles. The molecule has 0 aromatic heterocycles. The van der Waals surface area contributed by atoms with Gasteiger partial charge in [-0.3, -0.25) is 4.79 Å². The summed E-state index contributed by atoms with van der Waals surface area (Å²) in [7, 11) is 0. The zero-order valence-electron chi connectivity index (χ0n) is 5.26. The first-order valence-corrected chi connectivity index (χ1v) is 3.98. The zero-order chi connectivity index (χ0) is 6.85. The number of hydrogen-bond donors (Lipinski definition) is 0. The Labute approximate surface area is 62.7 Å². The number of hydrogen-bond acceptors (Lipinski definition) is 2. The lowest BCUT2D eigenvalue weighted by atomic mass is 10.4. The average Bonchev–Trinajstić information content (AvgIpc) is 2.47. The average molecular weight is 193 g/mol. The molecule has 0 aromatic carbocycles. The van der Waals surface area contributed by atoms with Crippen molar-refractivity contribution >= 4 is 21.9 Å². The van der Waals surface area contributed by atoms with Crippen LogP contribution >= 0.6 is 15.9 Å². The predicted molar refractivity (Wildman–Crippen MR) is 37.5 cm³/mol. The Morgan fingerprint density at radius 3 is 2.78 bits per heavy atom. The van der Waals surface area contributed by atoms with E-state index in [0.717, 1.165) is 6.42 Å². The van der Waals surface area contributed by atoms with Crippen molar-refractivity contribution in [2.75, 3.05) is 6.61 Å². The van der Waals surface area contributed by atoms with Gasteiger partial charge in [-0.05, 0) is 13.3 Å². The van der Waals surface area contributed by atoms with Gasteiger partial charge in [0.15, 0.2) is 0 Å². The summed E-state index contributed by atoms with van der Waals surface area (Å²) in [4.78, 5) is 11.1. The van der Waals surface area contributed by atoms with E-state index in [4.69, 9.17) is 4.74 Å². The molecule has 0 aromatic rings. The lowest BCUT2D eigenvalue weighted by molar-refractivity contribution is -0.144. The van der Waals surface area contributed by atoms with Crippen molar-refractivity contribution in [3.63, 3.8) is 0 Å². The van der Waals surface area contributed by atoms with Crippen LogP contribution in [0.2, 0.25) is 0 Å². The molecule has 0 N–H and O–H groups in total. The van der Waals surface area contributed by atoms with E-state index in [1.54, 1.807) is 0 Å². The Bertz CT molecular complexity index is 124. The Morgan fingerprint density at radius 2 is 2.44 bits per heavy atom. The highest BCUT2D eigenvalue weighted by Gasteiger charge is 2.42. The van der Waals surface area contributed by atoms with E-state index in [0.29, 0.717) is 11.4 Å². The van der Waals surface area contributed by atoms with Crippen LogP contribution in [0.25, 0.3) is 0 Å². The largest absolute Gasteiger partial charge is 0.466 e. The molecule has 0 aliphatic heterocycles. The highest BCUT2D eigenvalue weighted by Crippen LogP contribution is 2.38. The highest BCUT2D eigenvalue weighted by atomic mass is 79.9. The Balaban J connectivity index is 2.20. The van der Waals surface area contributed by atoms with E-state index in [2.05, 4.69) is 15.9 Å². The number of carbonyl (C=O) groups excluding carboxylic acids is 1. The number of rotatable bonds is 2. The standard InChI is InChI=1S/C6H9BrO2/c1-2-9-6(8)4-3-5(4)7/h4-5H,2-3H2,1H3/t4-,5+/m0/s1. The van der Waals surface area contributed by atoms with Crippen LogP contribution in [0.5, 0.6) is 0 Å². The van der Waals surface area contributed by atoms with E-state index < -0.39 is 0 Å². The maximum absolute atomic E-state index is 10.8. The van der Waals surface area contributed by atoms with Gasteiger partial charge in [-0.25, -0.2) is 0 Å². The quantitative estimate of drug-likeness (QED) is 0.488. The van der Waals surface area contributed by atoms with Crippen LogP contribution in [-0.2, 0) is 9.53 Å². The van der Waals surface area contributed by atoms with Gasteiger partial charge in [0.1, 0.15) is 0 Å². The summed E-state index contributed by atoms with van der Waals surface area (Å²) >= 11 is 3.32. The lowest BCUT2D eigenvalue weighted by Gasteiger charge is -1.96. The van der Waals surface area contributed by atoms with Crippen molar-refractivity contribution in [3.05, 3.63) is 0 Å². The minimum atomic E-state index is -0.0561. The van der Waals surface area contributed by atoms with Gasteiger partial charge in [-0.1, -0.05) is 15.9 Å². The molecule has 0 amide bonds. The third-order valence-corrected chi connectivity index (χ3v) is 2.31. The van der Waals surface area contributed by atoms with Crippen LogP contribution in [0.3, 0.4) is 0 Å². The number of halogens is 1. The molecule has 1 aliphatic carbocycles. The molecule has 0 bridgehead atoms. The molecule has 1 aliphatic rings. The second kappa shape index (κ2) is 2.69. The van der Waals surface area contributed by atoms with Gasteiger partial charge in [-0.15, -0.1) is 0 Å². The van der Waals surface area contributed by atoms with Crippen LogP contribution in [0.1, 0.15) is 13.3 Å². The molecule has 1 rings (SSSR count). The van der Waals surface area contributed by atoms with Crippen molar-refractivity contribution in [1.29, 1.82) is 0 Å². The first-order chi connectivity index (χ1) is 4.25. The maximum Gasteiger partial charge on any atom is 0.310 e. The smallest absolute Gasteiger partial charge is 0.310 e. The summed E-state index contributed by atoms with van der Waals surface area (Å²) in [6, 6.07) is 0. The van der Waals surface area contributed by atoms with Crippen LogP contribution in [0.15, 0.2) is 0 Å². The molecule has 1 fully saturated rings. The summed E-state index contributed by atoms with van der Waals surface area (Å²) in [5.74, 6) is 0.0873. The predicted octanol–water partition coefficient (Wildman–Crippen LogP) is 1.33. The van der Waals surface area contributed by atoms with Gasteiger partial charge in [0.25, 0.3) is 0 Å². The van der Waals surface area contributed by atoms with Gasteiger partial charge in [0.05, 0.1) is 12.5 Å². The minimum absolute atomic E-state index is 0.0561. The fraction of sp³-hybridized carbons (Fsp3) is 0.833. The van der Waals surface area contributed by atoms with E-state index in [1.165, 1.54) is 0 Å². The second-order valence-corrected chi connectivity index (χ2v) is 3.29. The number of carbonyl (C=O) groups is 1. The van der Waals surface area contributed by atoms with Gasteiger partial charge in [0.2, 0.25) is 0 Å². The molecular formula is C6H9BrO2. The highest BCUT2D eigenvalue weighted by molar-refractivity contribution is 9.09. The molecule has 0 radical (unpaired) electrons. The van der Waals surface area contributed by atoms with Gasteiger partial charge in [-0.2, -0.15) is 0 Å². The molecule has 0 spiro atoms. The van der Waals surface area contributed by atoms with Crippen molar-refractivity contribution in [2.45, 2.75) is 18.2 Å². The lowest BCUT2D eigenvalue weighted by Crippen LogP contribution is -2.07. The molecule has 52 valence electrons. The first kappa shape index (κ1) is 7.06. The molecule has 0 saturated heterocycles. The third kappa shape index (κ3) is 1.68. The van der Waals surface area contributed by atoms with E-state index in [-0.39, 0.29) is 11.9 Å². The summed E-state index contributed by atoms with van der Waals surface area (Å²) < 4.78 is 4.77. The van der Waals surface area contributed by atoms with Crippen molar-refractivity contribution in [3.8, 4) is 0 Å². The molecule has 2 atom stereocenters. The zero-order valence-corrected chi connectivity index (χ0v) is 6.85. The monoisotopic (exact) mass is 192 g/mol. The molecule has 0 heterocycles. The Kier molecular flexibility index (Phi) is 2.11. The second-order valence-electron chi connectivity index (χ2n) is 2.11. The van der Waals surface area contributed by atoms with Gasteiger partial charge >= 0.3 is 5.97 Å².